The first-order chi connectivity index (χ1) is 14.5. The van der Waals surface area contributed by atoms with Crippen LogP contribution in [0.3, 0.4) is 0 Å². The van der Waals surface area contributed by atoms with Crippen molar-refractivity contribution in [3.8, 4) is 5.75 Å². The van der Waals surface area contributed by atoms with Crippen LogP contribution in [-0.2, 0) is 9.59 Å². The normalized spacial score (nSPS) is 17.9. The van der Waals surface area contributed by atoms with E-state index in [0.29, 0.717) is 27.7 Å². The van der Waals surface area contributed by atoms with Gasteiger partial charge in [-0.25, -0.2) is 0 Å². The van der Waals surface area contributed by atoms with Crippen LogP contribution < -0.4 is 9.64 Å². The largest absolute Gasteiger partial charge is 0.507 e. The third-order valence-electron chi connectivity index (χ3n) is 4.88. The first-order valence-electron chi connectivity index (χ1n) is 9.14. The van der Waals surface area contributed by atoms with Crippen molar-refractivity contribution in [2.75, 3.05) is 12.0 Å². The fraction of sp³-hybridized carbons (Fsp3) is 0.0870. The summed E-state index contributed by atoms with van der Waals surface area (Å²) >= 11 is 5.98. The van der Waals surface area contributed by atoms with E-state index in [-0.39, 0.29) is 11.3 Å². The Kier molecular flexibility index (Phi) is 5.25. The van der Waals surface area contributed by atoms with Gasteiger partial charge in [0.05, 0.1) is 23.9 Å². The van der Waals surface area contributed by atoms with Gasteiger partial charge < -0.3 is 9.84 Å². The van der Waals surface area contributed by atoms with E-state index in [4.69, 9.17) is 16.3 Å². The number of Topliss-reactive ketones (excluding diaryl/α,β-unsaturated/α-hetero) is 1. The molecular formula is C23H17ClN2O4. The number of nitrogens with zero attached hydrogens (tertiary/aromatic N) is 2. The molecule has 1 N–H and O–H groups in total. The molecule has 1 aromatic heterocycles. The van der Waals surface area contributed by atoms with E-state index in [0.717, 1.165) is 0 Å². The molecule has 1 unspecified atom stereocenters. The highest BCUT2D eigenvalue weighted by Crippen LogP contribution is 2.42. The monoisotopic (exact) mass is 420 g/mol. The van der Waals surface area contributed by atoms with E-state index >= 15 is 0 Å². The number of ether oxygens (including phenoxy) is 1. The first kappa shape index (κ1) is 19.7. The maximum Gasteiger partial charge on any atom is 0.300 e. The van der Waals surface area contributed by atoms with Gasteiger partial charge in [0.25, 0.3) is 11.7 Å². The van der Waals surface area contributed by atoms with Gasteiger partial charge in [-0.15, -0.1) is 0 Å². The Morgan fingerprint density at radius 3 is 2.40 bits per heavy atom. The molecule has 1 fully saturated rings. The average Bonchev–Trinajstić information content (AvgIpc) is 3.05. The number of carbonyl (C=O) groups is 2. The van der Waals surface area contributed by atoms with Crippen LogP contribution in [0.1, 0.15) is 17.3 Å². The second kappa shape index (κ2) is 8.00. The van der Waals surface area contributed by atoms with Crippen molar-refractivity contribution in [1.82, 2.24) is 4.98 Å². The number of para-hydroxylation sites is 1. The van der Waals surface area contributed by atoms with Gasteiger partial charge in [0.1, 0.15) is 17.6 Å². The van der Waals surface area contributed by atoms with Crippen LogP contribution in [-0.4, -0.2) is 28.9 Å². The second-order valence-electron chi connectivity index (χ2n) is 6.60. The molecule has 0 radical (unpaired) electrons. The van der Waals surface area contributed by atoms with Crippen LogP contribution in [0.15, 0.2) is 78.5 Å². The summed E-state index contributed by atoms with van der Waals surface area (Å²) in [5.41, 5.74) is 1.17. The number of methoxy groups -OCH3 is 1. The minimum absolute atomic E-state index is 0.0573. The predicted octanol–water partition coefficient (Wildman–Crippen LogP) is 4.37. The van der Waals surface area contributed by atoms with Crippen LogP contribution in [0.4, 0.5) is 5.69 Å². The molecule has 1 saturated heterocycles. The lowest BCUT2D eigenvalue weighted by atomic mass is 9.97. The lowest BCUT2D eigenvalue weighted by molar-refractivity contribution is -0.132. The molecular weight excluding hydrogens is 404 g/mol. The van der Waals surface area contributed by atoms with Crippen molar-refractivity contribution in [2.45, 2.75) is 6.04 Å². The minimum atomic E-state index is -0.905. The molecule has 0 saturated carbocycles. The molecule has 30 heavy (non-hydrogen) atoms. The highest BCUT2D eigenvalue weighted by molar-refractivity contribution is 6.51. The van der Waals surface area contributed by atoms with Crippen molar-refractivity contribution in [3.63, 3.8) is 0 Å². The van der Waals surface area contributed by atoms with E-state index in [9.17, 15) is 14.7 Å². The Morgan fingerprint density at radius 1 is 1.03 bits per heavy atom. The maximum atomic E-state index is 13.1. The number of hydrogen-bond donors (Lipinski definition) is 1. The molecule has 0 aliphatic carbocycles. The molecule has 6 nitrogen and oxygen atoms in total. The number of hydrogen-bond acceptors (Lipinski definition) is 5. The van der Waals surface area contributed by atoms with Gasteiger partial charge in [0.2, 0.25) is 0 Å². The summed E-state index contributed by atoms with van der Waals surface area (Å²) in [6, 6.07) is 17.6. The van der Waals surface area contributed by atoms with Crippen LogP contribution >= 0.6 is 11.6 Å². The fourth-order valence-electron chi connectivity index (χ4n) is 3.50. The minimum Gasteiger partial charge on any atom is -0.507 e. The summed E-state index contributed by atoms with van der Waals surface area (Å²) in [6.07, 6.45) is 1.57. The van der Waals surface area contributed by atoms with Crippen LogP contribution in [0.2, 0.25) is 5.02 Å². The van der Waals surface area contributed by atoms with Crippen molar-refractivity contribution in [3.05, 3.63) is 94.8 Å². The third kappa shape index (κ3) is 3.31. The number of aromatic nitrogens is 1. The van der Waals surface area contributed by atoms with Gasteiger partial charge >= 0.3 is 0 Å². The summed E-state index contributed by atoms with van der Waals surface area (Å²) < 4.78 is 5.32. The lowest BCUT2D eigenvalue weighted by Gasteiger charge is -2.24. The number of aliphatic hydroxyl groups is 1. The molecule has 2 heterocycles. The van der Waals surface area contributed by atoms with Crippen molar-refractivity contribution in [2.24, 2.45) is 0 Å². The molecule has 1 aliphatic rings. The molecule has 1 atom stereocenters. The van der Waals surface area contributed by atoms with Crippen LogP contribution in [0, 0.1) is 0 Å². The van der Waals surface area contributed by atoms with Gasteiger partial charge in [-0.2, -0.15) is 0 Å². The topological polar surface area (TPSA) is 79.7 Å². The van der Waals surface area contributed by atoms with Crippen molar-refractivity contribution < 1.29 is 19.4 Å². The molecule has 2 aromatic carbocycles. The van der Waals surface area contributed by atoms with Gasteiger partial charge in [-0.3, -0.25) is 19.5 Å². The maximum absolute atomic E-state index is 13.1. The summed E-state index contributed by atoms with van der Waals surface area (Å²) in [4.78, 5) is 31.7. The number of carbonyl (C=O) groups excluding carboxylic acids is 2. The summed E-state index contributed by atoms with van der Waals surface area (Å²) in [5, 5.41) is 11.6. The number of ketones is 1. The number of rotatable bonds is 4. The van der Waals surface area contributed by atoms with E-state index in [1.807, 2.05) is 0 Å². The fourth-order valence-corrected chi connectivity index (χ4v) is 3.63. The molecule has 1 amide bonds. The van der Waals surface area contributed by atoms with E-state index in [1.54, 1.807) is 72.9 Å². The number of pyridine rings is 1. The molecule has 4 rings (SSSR count). The Hall–Kier alpha value is -3.64. The third-order valence-corrected chi connectivity index (χ3v) is 5.13. The SMILES string of the molecule is COc1ccccc1/C(O)=C1/C(=O)C(=O)N(c2ccc(Cl)cc2)C1c1ccccn1. The number of anilines is 1. The quantitative estimate of drug-likeness (QED) is 0.385. The highest BCUT2D eigenvalue weighted by Gasteiger charge is 2.47. The average molecular weight is 421 g/mol. The van der Waals surface area contributed by atoms with Crippen LogP contribution in [0.25, 0.3) is 5.76 Å². The Labute approximate surface area is 178 Å². The molecule has 150 valence electrons. The standard InChI is InChI=1S/C23H17ClN2O4/c1-30-18-8-3-2-6-16(18)21(27)19-20(17-7-4-5-13-25-17)26(23(29)22(19)28)15-11-9-14(24)10-12-15/h2-13,20,27H,1H3/b21-19-. The zero-order valence-electron chi connectivity index (χ0n) is 15.9. The molecule has 0 bridgehead atoms. The van der Waals surface area contributed by atoms with Gasteiger partial charge in [-0.05, 0) is 48.5 Å². The van der Waals surface area contributed by atoms with Gasteiger partial charge in [0.15, 0.2) is 0 Å². The summed E-state index contributed by atoms with van der Waals surface area (Å²) in [7, 11) is 1.47. The molecule has 3 aromatic rings. The number of halogens is 1. The zero-order valence-corrected chi connectivity index (χ0v) is 16.7. The van der Waals surface area contributed by atoms with E-state index in [1.165, 1.54) is 12.0 Å². The number of aliphatic hydroxyl groups excluding tert-OH is 1. The van der Waals surface area contributed by atoms with Gasteiger partial charge in [-0.1, -0.05) is 29.8 Å². The molecule has 1 aliphatic heterocycles. The first-order valence-corrected chi connectivity index (χ1v) is 9.51. The number of amides is 1. The van der Waals surface area contributed by atoms with Gasteiger partial charge in [0, 0.05) is 16.9 Å². The zero-order chi connectivity index (χ0) is 21.3. The second-order valence-corrected chi connectivity index (χ2v) is 7.04. The van der Waals surface area contributed by atoms with Crippen molar-refractivity contribution in [1.29, 1.82) is 0 Å². The van der Waals surface area contributed by atoms with Crippen molar-refractivity contribution >= 4 is 34.7 Å². The Morgan fingerprint density at radius 2 is 1.73 bits per heavy atom. The molecule has 0 spiro atoms. The Bertz CT molecular complexity index is 1140. The summed E-state index contributed by atoms with van der Waals surface area (Å²) in [5.74, 6) is -1.50. The summed E-state index contributed by atoms with van der Waals surface area (Å²) in [6.45, 7) is 0. The van der Waals surface area contributed by atoms with E-state index in [2.05, 4.69) is 4.98 Å². The smallest absolute Gasteiger partial charge is 0.300 e. The lowest BCUT2D eigenvalue weighted by Crippen LogP contribution is -2.29. The molecule has 7 heteroatoms. The Balaban J connectivity index is 1.96. The van der Waals surface area contributed by atoms with E-state index < -0.39 is 17.7 Å². The highest BCUT2D eigenvalue weighted by atomic mass is 35.5. The predicted molar refractivity (Wildman–Crippen MR) is 113 cm³/mol. The van der Waals surface area contributed by atoms with Crippen LogP contribution in [0.5, 0.6) is 5.75 Å². The number of benzene rings is 2.